The molecule has 0 aromatic carbocycles. The van der Waals surface area contributed by atoms with Crippen LogP contribution in [0.1, 0.15) is 13.3 Å². The van der Waals surface area contributed by atoms with Crippen molar-refractivity contribution < 1.29 is 14.7 Å². The third-order valence-corrected chi connectivity index (χ3v) is 3.82. The summed E-state index contributed by atoms with van der Waals surface area (Å²) in [6.45, 7) is 1.62. The lowest BCUT2D eigenvalue weighted by atomic mass is 10.1. The lowest BCUT2D eigenvalue weighted by Crippen LogP contribution is -2.32. The van der Waals surface area contributed by atoms with E-state index in [1.165, 1.54) is 16.2 Å². The van der Waals surface area contributed by atoms with E-state index in [-0.39, 0.29) is 12.3 Å². The van der Waals surface area contributed by atoms with Crippen LogP contribution in [0.25, 0.3) is 0 Å². The average Bonchev–Trinajstić information content (AvgIpc) is 2.61. The Morgan fingerprint density at radius 1 is 1.56 bits per heavy atom. The van der Waals surface area contributed by atoms with Crippen LogP contribution >= 0.6 is 27.3 Å². The number of carbonyl (C=O) groups is 2. The largest absolute Gasteiger partial charge is 0.481 e. The number of thiophene rings is 1. The summed E-state index contributed by atoms with van der Waals surface area (Å²) in [6, 6.07) is 3.67. The van der Waals surface area contributed by atoms with Crippen LogP contribution in [-0.2, 0) is 9.59 Å². The zero-order chi connectivity index (χ0) is 12.3. The van der Waals surface area contributed by atoms with E-state index < -0.39 is 11.9 Å². The quantitative estimate of drug-likeness (QED) is 0.930. The Morgan fingerprint density at radius 3 is 2.62 bits per heavy atom. The van der Waals surface area contributed by atoms with Gasteiger partial charge in [0.2, 0.25) is 5.91 Å². The van der Waals surface area contributed by atoms with Crippen LogP contribution in [0.2, 0.25) is 0 Å². The molecule has 4 nitrogen and oxygen atoms in total. The van der Waals surface area contributed by atoms with Crippen molar-refractivity contribution in [1.82, 2.24) is 0 Å². The van der Waals surface area contributed by atoms with Crippen molar-refractivity contribution in [2.24, 2.45) is 5.92 Å². The number of nitrogens with zero attached hydrogens (tertiary/aromatic N) is 1. The van der Waals surface area contributed by atoms with Gasteiger partial charge in [-0.3, -0.25) is 9.59 Å². The summed E-state index contributed by atoms with van der Waals surface area (Å²) in [5, 5.41) is 9.41. The monoisotopic (exact) mass is 305 g/mol. The van der Waals surface area contributed by atoms with E-state index in [4.69, 9.17) is 5.11 Å². The number of hydrogen-bond acceptors (Lipinski definition) is 3. The van der Waals surface area contributed by atoms with Crippen LogP contribution < -0.4 is 4.90 Å². The first-order valence-electron chi connectivity index (χ1n) is 4.66. The molecule has 1 rings (SSSR count). The van der Waals surface area contributed by atoms with Crippen LogP contribution in [0.3, 0.4) is 0 Å². The Balaban J connectivity index is 2.70. The molecule has 1 atom stereocenters. The molecule has 0 aliphatic rings. The normalized spacial score (nSPS) is 12.2. The molecule has 88 valence electrons. The predicted octanol–water partition coefficient (Wildman–Crippen LogP) is 2.58. The van der Waals surface area contributed by atoms with Gasteiger partial charge in [0.1, 0.15) is 0 Å². The number of carboxylic acids is 1. The van der Waals surface area contributed by atoms with Gasteiger partial charge in [-0.15, -0.1) is 11.3 Å². The van der Waals surface area contributed by atoms with E-state index in [1.54, 1.807) is 14.0 Å². The summed E-state index contributed by atoms with van der Waals surface area (Å²) in [6.07, 6.45) is -0.143. The zero-order valence-electron chi connectivity index (χ0n) is 8.94. The van der Waals surface area contributed by atoms with E-state index in [0.717, 1.165) is 8.79 Å². The molecule has 1 heterocycles. The second-order valence-electron chi connectivity index (χ2n) is 3.47. The summed E-state index contributed by atoms with van der Waals surface area (Å²) in [5.41, 5.74) is 0. The molecule has 1 aromatic rings. The molecule has 1 aromatic heterocycles. The number of anilines is 1. The molecule has 0 saturated heterocycles. The maximum absolute atomic E-state index is 11.8. The third-order valence-electron chi connectivity index (χ3n) is 2.12. The van der Waals surface area contributed by atoms with Crippen molar-refractivity contribution in [3.8, 4) is 0 Å². The molecular weight excluding hydrogens is 294 g/mol. The number of rotatable bonds is 4. The van der Waals surface area contributed by atoms with Gasteiger partial charge in [-0.1, -0.05) is 6.92 Å². The smallest absolute Gasteiger partial charge is 0.304 e. The van der Waals surface area contributed by atoms with Crippen molar-refractivity contribution in [3.05, 3.63) is 15.9 Å². The number of amides is 1. The highest BCUT2D eigenvalue weighted by Crippen LogP contribution is 2.30. The molecule has 1 unspecified atom stereocenters. The number of carboxylic acid groups (broad SMARTS) is 1. The summed E-state index contributed by atoms with van der Waals surface area (Å²) >= 11 is 4.75. The molecule has 0 aliphatic carbocycles. The maximum Gasteiger partial charge on any atom is 0.304 e. The minimum Gasteiger partial charge on any atom is -0.481 e. The van der Waals surface area contributed by atoms with Crippen LogP contribution in [0, 0.1) is 5.92 Å². The van der Waals surface area contributed by atoms with E-state index in [9.17, 15) is 9.59 Å². The van der Waals surface area contributed by atoms with Gasteiger partial charge in [0, 0.05) is 13.0 Å². The molecule has 0 saturated carbocycles. The van der Waals surface area contributed by atoms with Gasteiger partial charge in [0.25, 0.3) is 0 Å². The Bertz CT molecular complexity index is 405. The Kier molecular flexibility index (Phi) is 4.49. The van der Waals surface area contributed by atoms with E-state index >= 15 is 0 Å². The number of carbonyl (C=O) groups excluding carboxylic acids is 1. The maximum atomic E-state index is 11.8. The molecule has 1 N–H and O–H groups in total. The second kappa shape index (κ2) is 5.45. The van der Waals surface area contributed by atoms with Crippen LogP contribution in [0.15, 0.2) is 15.9 Å². The van der Waals surface area contributed by atoms with Crippen LogP contribution in [0.5, 0.6) is 0 Å². The van der Waals surface area contributed by atoms with E-state index in [2.05, 4.69) is 15.9 Å². The fourth-order valence-electron chi connectivity index (χ4n) is 1.27. The van der Waals surface area contributed by atoms with E-state index in [1.807, 2.05) is 12.1 Å². The van der Waals surface area contributed by atoms with Gasteiger partial charge in [0.05, 0.1) is 15.2 Å². The second-order valence-corrected chi connectivity index (χ2v) is 5.92. The lowest BCUT2D eigenvalue weighted by molar-refractivity contribution is -0.140. The van der Waals surface area contributed by atoms with E-state index in [0.29, 0.717) is 0 Å². The summed E-state index contributed by atoms with van der Waals surface area (Å²) in [4.78, 5) is 23.8. The molecule has 16 heavy (non-hydrogen) atoms. The molecule has 0 bridgehead atoms. The molecule has 6 heteroatoms. The predicted molar refractivity (Wildman–Crippen MR) is 66.8 cm³/mol. The first-order valence-corrected chi connectivity index (χ1v) is 6.27. The van der Waals surface area contributed by atoms with Crippen molar-refractivity contribution in [2.45, 2.75) is 13.3 Å². The highest BCUT2D eigenvalue weighted by Gasteiger charge is 2.21. The number of hydrogen-bond donors (Lipinski definition) is 1. The average molecular weight is 306 g/mol. The first kappa shape index (κ1) is 13.2. The minimum absolute atomic E-state index is 0.143. The van der Waals surface area contributed by atoms with Crippen molar-refractivity contribution in [2.75, 3.05) is 11.9 Å². The molecule has 0 radical (unpaired) electrons. The highest BCUT2D eigenvalue weighted by atomic mass is 79.9. The van der Waals surface area contributed by atoms with Gasteiger partial charge in [0.15, 0.2) is 0 Å². The van der Waals surface area contributed by atoms with Crippen LogP contribution in [0.4, 0.5) is 5.00 Å². The van der Waals surface area contributed by atoms with Crippen molar-refractivity contribution in [3.63, 3.8) is 0 Å². The molecular formula is C10H12BrNO3S. The van der Waals surface area contributed by atoms with Gasteiger partial charge >= 0.3 is 5.97 Å². The molecule has 0 aliphatic heterocycles. The molecule has 0 spiro atoms. The van der Waals surface area contributed by atoms with Gasteiger partial charge in [-0.2, -0.15) is 0 Å². The number of aliphatic carboxylic acids is 1. The van der Waals surface area contributed by atoms with Crippen molar-refractivity contribution >= 4 is 44.1 Å². The van der Waals surface area contributed by atoms with Gasteiger partial charge < -0.3 is 10.0 Å². The Morgan fingerprint density at radius 2 is 2.19 bits per heavy atom. The molecule has 0 fully saturated rings. The fraction of sp³-hybridized carbons (Fsp3) is 0.400. The fourth-order valence-corrected chi connectivity index (χ4v) is 2.60. The standard InChI is InChI=1S/C10H12BrNO3S/c1-6(5-9(13)14)10(15)12(2)8-4-3-7(11)16-8/h3-4,6H,5H2,1-2H3,(H,13,14). The highest BCUT2D eigenvalue weighted by molar-refractivity contribution is 9.11. The topological polar surface area (TPSA) is 57.6 Å². The third kappa shape index (κ3) is 3.31. The summed E-state index contributed by atoms with van der Waals surface area (Å²) in [7, 11) is 1.65. The summed E-state index contributed by atoms with van der Waals surface area (Å²) in [5.74, 6) is -1.65. The SMILES string of the molecule is CC(CC(=O)O)C(=O)N(C)c1ccc(Br)s1. The summed E-state index contributed by atoms with van der Waals surface area (Å²) < 4.78 is 0.938. The first-order chi connectivity index (χ1) is 7.41. The van der Waals surface area contributed by atoms with Gasteiger partial charge in [-0.05, 0) is 28.1 Å². The Hall–Kier alpha value is -0.880. The van der Waals surface area contributed by atoms with Crippen LogP contribution in [-0.4, -0.2) is 24.0 Å². The van der Waals surface area contributed by atoms with Crippen molar-refractivity contribution in [1.29, 1.82) is 0 Å². The minimum atomic E-state index is -0.957. The zero-order valence-corrected chi connectivity index (χ0v) is 11.3. The lowest BCUT2D eigenvalue weighted by Gasteiger charge is -2.18. The number of halogens is 1. The Labute approximate surface area is 106 Å². The van der Waals surface area contributed by atoms with Gasteiger partial charge in [-0.25, -0.2) is 0 Å². The molecule has 1 amide bonds.